The predicted molar refractivity (Wildman–Crippen MR) is 102 cm³/mol. The number of hydrogen-bond acceptors (Lipinski definition) is 5. The van der Waals surface area contributed by atoms with Crippen LogP contribution >= 0.6 is 11.3 Å². The monoisotopic (exact) mass is 352 g/mol. The fourth-order valence-corrected chi connectivity index (χ4v) is 4.23. The van der Waals surface area contributed by atoms with Crippen LogP contribution < -0.4 is 4.90 Å². The van der Waals surface area contributed by atoms with Gasteiger partial charge in [0.25, 0.3) is 0 Å². The number of aromatic nitrogens is 2. The van der Waals surface area contributed by atoms with Gasteiger partial charge in [0.1, 0.15) is 17.0 Å². The van der Waals surface area contributed by atoms with Gasteiger partial charge in [-0.1, -0.05) is 37.3 Å². The van der Waals surface area contributed by atoms with Crippen LogP contribution in [0.4, 0.5) is 5.82 Å². The number of thiophene rings is 1. The Hall–Kier alpha value is -2.47. The Balaban J connectivity index is 1.63. The van der Waals surface area contributed by atoms with E-state index in [0.29, 0.717) is 6.42 Å². The summed E-state index contributed by atoms with van der Waals surface area (Å²) in [6.45, 7) is 5.06. The summed E-state index contributed by atoms with van der Waals surface area (Å²) in [6, 6.07) is 12.6. The van der Waals surface area contributed by atoms with E-state index in [0.717, 1.165) is 42.2 Å². The van der Waals surface area contributed by atoms with Crippen LogP contribution in [-0.2, 0) is 4.79 Å². The van der Waals surface area contributed by atoms with Gasteiger partial charge >= 0.3 is 0 Å². The maximum absolute atomic E-state index is 11.9. The predicted octanol–water partition coefficient (Wildman–Crippen LogP) is 3.42. The molecule has 0 atom stereocenters. The zero-order valence-corrected chi connectivity index (χ0v) is 15.0. The summed E-state index contributed by atoms with van der Waals surface area (Å²) >= 11 is 1.70. The average molecular weight is 352 g/mol. The van der Waals surface area contributed by atoms with Gasteiger partial charge in [0.05, 0.1) is 5.39 Å². The molecule has 1 aliphatic rings. The third-order valence-corrected chi connectivity index (χ3v) is 5.69. The largest absolute Gasteiger partial charge is 0.352 e. The Morgan fingerprint density at radius 2 is 1.88 bits per heavy atom. The Morgan fingerprint density at radius 3 is 2.60 bits per heavy atom. The molecule has 4 rings (SSSR count). The van der Waals surface area contributed by atoms with E-state index in [9.17, 15) is 4.79 Å². The molecule has 25 heavy (non-hydrogen) atoms. The summed E-state index contributed by atoms with van der Waals surface area (Å²) in [5.74, 6) is 1.21. The van der Waals surface area contributed by atoms with Crippen molar-refractivity contribution in [1.29, 1.82) is 0 Å². The van der Waals surface area contributed by atoms with E-state index < -0.39 is 0 Å². The first kappa shape index (κ1) is 16.0. The lowest BCUT2D eigenvalue weighted by Crippen LogP contribution is -2.48. The lowest BCUT2D eigenvalue weighted by molar-refractivity contribution is -0.131. The zero-order valence-electron chi connectivity index (χ0n) is 14.2. The van der Waals surface area contributed by atoms with E-state index in [1.165, 1.54) is 10.4 Å². The molecule has 0 radical (unpaired) electrons. The minimum Gasteiger partial charge on any atom is -0.352 e. The summed E-state index contributed by atoms with van der Waals surface area (Å²) in [5, 5.41) is 1.10. The van der Waals surface area contributed by atoms with Crippen LogP contribution in [0.25, 0.3) is 20.7 Å². The van der Waals surface area contributed by atoms with E-state index in [2.05, 4.69) is 45.2 Å². The molecule has 0 spiro atoms. The standard InChI is InChI=1S/C19H20N4OS/c1-2-17(24)22-8-10-23(11-9-22)18-15-12-16(14-6-4-3-5-7-14)25-19(15)21-13-20-18/h3-7,12-13H,2,8-11H2,1H3. The number of anilines is 1. The molecule has 0 N–H and O–H groups in total. The highest BCUT2D eigenvalue weighted by Crippen LogP contribution is 2.36. The molecule has 6 heteroatoms. The van der Waals surface area contributed by atoms with E-state index in [4.69, 9.17) is 0 Å². The number of carbonyl (C=O) groups excluding carboxylic acids is 1. The highest BCUT2D eigenvalue weighted by atomic mass is 32.1. The lowest BCUT2D eigenvalue weighted by Gasteiger charge is -2.35. The van der Waals surface area contributed by atoms with Crippen molar-refractivity contribution in [2.24, 2.45) is 0 Å². The van der Waals surface area contributed by atoms with Crippen molar-refractivity contribution in [1.82, 2.24) is 14.9 Å². The number of fused-ring (bicyclic) bond motifs is 1. The Kier molecular flexibility index (Phi) is 4.36. The second kappa shape index (κ2) is 6.80. The van der Waals surface area contributed by atoms with Crippen LogP contribution in [0, 0.1) is 0 Å². The fraction of sp³-hybridized carbons (Fsp3) is 0.316. The molecule has 1 aliphatic heterocycles. The fourth-order valence-electron chi connectivity index (χ4n) is 3.23. The second-order valence-electron chi connectivity index (χ2n) is 6.11. The van der Waals surface area contributed by atoms with Gasteiger partial charge in [0.15, 0.2) is 0 Å². The third kappa shape index (κ3) is 3.09. The quantitative estimate of drug-likeness (QED) is 0.725. The second-order valence-corrected chi connectivity index (χ2v) is 7.14. The van der Waals surface area contributed by atoms with Crippen LogP contribution in [-0.4, -0.2) is 47.0 Å². The summed E-state index contributed by atoms with van der Waals surface area (Å²) in [7, 11) is 0. The van der Waals surface area contributed by atoms with Crippen molar-refractivity contribution < 1.29 is 4.79 Å². The van der Waals surface area contributed by atoms with Crippen LogP contribution in [0.2, 0.25) is 0 Å². The Morgan fingerprint density at radius 1 is 1.12 bits per heavy atom. The number of rotatable bonds is 3. The van der Waals surface area contributed by atoms with Gasteiger partial charge in [-0.3, -0.25) is 4.79 Å². The van der Waals surface area contributed by atoms with Crippen molar-refractivity contribution >= 4 is 33.3 Å². The summed E-state index contributed by atoms with van der Waals surface area (Å²) in [4.78, 5) is 27.3. The molecule has 1 aromatic carbocycles. The van der Waals surface area contributed by atoms with Gasteiger partial charge in [-0.25, -0.2) is 9.97 Å². The number of carbonyl (C=O) groups is 1. The van der Waals surface area contributed by atoms with Crippen molar-refractivity contribution in [2.45, 2.75) is 13.3 Å². The minimum atomic E-state index is 0.231. The molecule has 0 unspecified atom stereocenters. The molecule has 3 heterocycles. The first-order chi connectivity index (χ1) is 12.3. The number of benzene rings is 1. The maximum atomic E-state index is 11.9. The number of hydrogen-bond donors (Lipinski definition) is 0. The minimum absolute atomic E-state index is 0.231. The molecule has 0 bridgehead atoms. The first-order valence-electron chi connectivity index (χ1n) is 8.59. The Bertz CT molecular complexity index is 885. The van der Waals surface area contributed by atoms with Gasteiger partial charge in [0.2, 0.25) is 5.91 Å². The summed E-state index contributed by atoms with van der Waals surface area (Å²) in [6.07, 6.45) is 2.22. The zero-order chi connectivity index (χ0) is 17.2. The summed E-state index contributed by atoms with van der Waals surface area (Å²) in [5.41, 5.74) is 1.20. The van der Waals surface area contributed by atoms with Gasteiger partial charge in [-0.15, -0.1) is 11.3 Å². The molecule has 3 aromatic rings. The number of piperazine rings is 1. The number of amides is 1. The highest BCUT2D eigenvalue weighted by Gasteiger charge is 2.23. The van der Waals surface area contributed by atoms with Gasteiger partial charge in [-0.05, 0) is 11.6 Å². The molecule has 0 aliphatic carbocycles. The van der Waals surface area contributed by atoms with Crippen molar-refractivity contribution in [3.8, 4) is 10.4 Å². The normalized spacial score (nSPS) is 14.9. The van der Waals surface area contributed by atoms with Crippen molar-refractivity contribution in [3.05, 3.63) is 42.7 Å². The van der Waals surface area contributed by atoms with E-state index in [1.807, 2.05) is 17.9 Å². The molecule has 128 valence electrons. The SMILES string of the molecule is CCC(=O)N1CCN(c2ncnc3sc(-c4ccccc4)cc23)CC1. The molecular weight excluding hydrogens is 332 g/mol. The molecule has 1 fully saturated rings. The maximum Gasteiger partial charge on any atom is 0.222 e. The molecule has 0 saturated carbocycles. The van der Waals surface area contributed by atoms with Crippen molar-refractivity contribution in [3.63, 3.8) is 0 Å². The lowest BCUT2D eigenvalue weighted by atomic mass is 10.2. The first-order valence-corrected chi connectivity index (χ1v) is 9.40. The van der Waals surface area contributed by atoms with Gasteiger partial charge in [-0.2, -0.15) is 0 Å². The van der Waals surface area contributed by atoms with Gasteiger partial charge in [0, 0.05) is 37.5 Å². The van der Waals surface area contributed by atoms with Gasteiger partial charge < -0.3 is 9.80 Å². The Labute approximate surface area is 150 Å². The van der Waals surface area contributed by atoms with Crippen LogP contribution in [0.1, 0.15) is 13.3 Å². The van der Waals surface area contributed by atoms with E-state index in [1.54, 1.807) is 17.7 Å². The van der Waals surface area contributed by atoms with E-state index >= 15 is 0 Å². The highest BCUT2D eigenvalue weighted by molar-refractivity contribution is 7.21. The molecule has 1 amide bonds. The third-order valence-electron chi connectivity index (χ3n) is 4.60. The topological polar surface area (TPSA) is 49.3 Å². The molecule has 1 saturated heterocycles. The smallest absolute Gasteiger partial charge is 0.222 e. The van der Waals surface area contributed by atoms with Crippen LogP contribution in [0.15, 0.2) is 42.7 Å². The van der Waals surface area contributed by atoms with Crippen molar-refractivity contribution in [2.75, 3.05) is 31.1 Å². The average Bonchev–Trinajstić information content (AvgIpc) is 3.12. The molecular formula is C19H20N4OS. The van der Waals surface area contributed by atoms with Crippen LogP contribution in [0.5, 0.6) is 0 Å². The summed E-state index contributed by atoms with van der Waals surface area (Å²) < 4.78 is 0. The molecule has 2 aromatic heterocycles. The molecule has 5 nitrogen and oxygen atoms in total. The van der Waals surface area contributed by atoms with Crippen LogP contribution in [0.3, 0.4) is 0 Å². The number of nitrogens with zero attached hydrogens (tertiary/aromatic N) is 4. The van der Waals surface area contributed by atoms with E-state index in [-0.39, 0.29) is 5.91 Å².